The first-order chi connectivity index (χ1) is 16.1. The Labute approximate surface area is 196 Å². The zero-order valence-corrected chi connectivity index (χ0v) is 19.3. The highest BCUT2D eigenvalue weighted by Crippen LogP contribution is 2.55. The molecule has 164 valence electrons. The Morgan fingerprint density at radius 3 is 1.79 bits per heavy atom. The molecule has 0 bridgehead atoms. The van der Waals surface area contributed by atoms with Gasteiger partial charge < -0.3 is 4.98 Å². The van der Waals surface area contributed by atoms with E-state index in [0.717, 1.165) is 12.2 Å². The van der Waals surface area contributed by atoms with Crippen LogP contribution in [0.1, 0.15) is 48.7 Å². The molecule has 1 aliphatic rings. The summed E-state index contributed by atoms with van der Waals surface area (Å²) >= 11 is 0. The monoisotopic (exact) mass is 430 g/mol. The number of nitrogens with one attached hydrogen (secondary N) is 1. The molecule has 0 aliphatic heterocycles. The summed E-state index contributed by atoms with van der Waals surface area (Å²) in [5.41, 5.74) is 4.84. The average molecular weight is 431 g/mol. The molecule has 33 heavy (non-hydrogen) atoms. The third-order valence-electron chi connectivity index (χ3n) is 7.48. The van der Waals surface area contributed by atoms with E-state index in [1.807, 2.05) is 12.4 Å². The van der Waals surface area contributed by atoms with E-state index >= 15 is 0 Å². The van der Waals surface area contributed by atoms with E-state index in [0.29, 0.717) is 0 Å². The molecule has 2 unspecified atom stereocenters. The molecule has 0 fully saturated rings. The largest absolute Gasteiger partial charge is 0.348 e. The fourth-order valence-corrected chi connectivity index (χ4v) is 5.57. The number of imidazole rings is 1. The second-order valence-electron chi connectivity index (χ2n) is 9.28. The quantitative estimate of drug-likeness (QED) is 0.316. The number of allylic oxidation sites excluding steroid dienone is 4. The number of hydrogen-bond acceptors (Lipinski definition) is 1. The topological polar surface area (TPSA) is 28.7 Å². The van der Waals surface area contributed by atoms with Crippen LogP contribution in [0.5, 0.6) is 0 Å². The number of nitrogens with zero attached hydrogens (tertiary/aromatic N) is 1. The van der Waals surface area contributed by atoms with E-state index in [1.165, 1.54) is 22.3 Å². The summed E-state index contributed by atoms with van der Waals surface area (Å²) in [4.78, 5) is 8.08. The van der Waals surface area contributed by atoms with Crippen LogP contribution >= 0.6 is 0 Å². The van der Waals surface area contributed by atoms with E-state index in [4.69, 9.17) is 0 Å². The standard InChI is InChI=1S/C31H30N2/c1-24-13-12-20-28(29-32-21-22-33-29)30(24,2)23-31(25-14-6-3-7-15-25,26-16-8-4-9-17-26)27-18-10-5-11-19-27/h3-22,28H,23H2,1-2H3,(H,32,33). The van der Waals surface area contributed by atoms with Crippen molar-refractivity contribution in [3.05, 3.63) is 150 Å². The third kappa shape index (κ3) is 3.66. The lowest BCUT2D eigenvalue weighted by Gasteiger charge is -2.47. The van der Waals surface area contributed by atoms with Crippen molar-refractivity contribution >= 4 is 0 Å². The Hall–Kier alpha value is -3.65. The lowest BCUT2D eigenvalue weighted by molar-refractivity contribution is 0.267. The highest BCUT2D eigenvalue weighted by molar-refractivity contribution is 5.52. The van der Waals surface area contributed by atoms with Crippen molar-refractivity contribution in [1.29, 1.82) is 0 Å². The van der Waals surface area contributed by atoms with Gasteiger partial charge in [0.25, 0.3) is 0 Å². The molecule has 1 heterocycles. The maximum Gasteiger partial charge on any atom is 0.113 e. The van der Waals surface area contributed by atoms with Gasteiger partial charge in [0.05, 0.1) is 0 Å². The molecule has 3 aromatic carbocycles. The minimum atomic E-state index is -0.316. The fraction of sp³-hybridized carbons (Fsp3) is 0.194. The van der Waals surface area contributed by atoms with Crippen molar-refractivity contribution < 1.29 is 0 Å². The van der Waals surface area contributed by atoms with Gasteiger partial charge in [0.15, 0.2) is 0 Å². The molecule has 4 aromatic rings. The maximum absolute atomic E-state index is 4.68. The van der Waals surface area contributed by atoms with Crippen LogP contribution in [0.4, 0.5) is 0 Å². The second kappa shape index (κ2) is 8.71. The van der Waals surface area contributed by atoms with E-state index in [-0.39, 0.29) is 16.7 Å². The van der Waals surface area contributed by atoms with Crippen molar-refractivity contribution in [2.24, 2.45) is 5.41 Å². The molecular weight excluding hydrogens is 400 g/mol. The summed E-state index contributed by atoms with van der Waals surface area (Å²) < 4.78 is 0. The SMILES string of the molecule is CC1=CC=CC(c2ncc[nH]2)C1(C)CC(c1ccccc1)(c1ccccc1)c1ccccc1. The second-order valence-corrected chi connectivity index (χ2v) is 9.28. The van der Waals surface area contributed by atoms with Gasteiger partial charge >= 0.3 is 0 Å². The third-order valence-corrected chi connectivity index (χ3v) is 7.48. The molecule has 2 nitrogen and oxygen atoms in total. The lowest BCUT2D eigenvalue weighted by atomic mass is 9.55. The normalized spacial score (nSPS) is 20.4. The summed E-state index contributed by atoms with van der Waals surface area (Å²) in [6.45, 7) is 4.67. The van der Waals surface area contributed by atoms with Gasteiger partial charge in [-0.05, 0) is 30.0 Å². The molecule has 1 N–H and O–H groups in total. The molecule has 0 spiro atoms. The number of rotatable bonds is 6. The lowest BCUT2D eigenvalue weighted by Crippen LogP contribution is -2.40. The van der Waals surface area contributed by atoms with Gasteiger partial charge in [-0.1, -0.05) is 122 Å². The first-order valence-electron chi connectivity index (χ1n) is 11.7. The first kappa shape index (κ1) is 21.2. The molecule has 0 saturated carbocycles. The Morgan fingerprint density at radius 1 is 0.818 bits per heavy atom. The maximum atomic E-state index is 4.68. The molecule has 2 heteroatoms. The van der Waals surface area contributed by atoms with Crippen molar-refractivity contribution in [3.63, 3.8) is 0 Å². The van der Waals surface area contributed by atoms with Gasteiger partial charge in [-0.15, -0.1) is 0 Å². The molecule has 1 aliphatic carbocycles. The molecule has 0 saturated heterocycles. The van der Waals surface area contributed by atoms with Crippen LogP contribution in [0.25, 0.3) is 0 Å². The van der Waals surface area contributed by atoms with Crippen LogP contribution in [-0.2, 0) is 5.41 Å². The van der Waals surface area contributed by atoms with Crippen LogP contribution in [0.15, 0.2) is 127 Å². The predicted octanol–water partition coefficient (Wildman–Crippen LogP) is 7.44. The number of benzene rings is 3. The summed E-state index contributed by atoms with van der Waals surface area (Å²) in [6.07, 6.45) is 11.4. The van der Waals surface area contributed by atoms with Crippen molar-refractivity contribution in [2.45, 2.75) is 31.6 Å². The zero-order chi connectivity index (χ0) is 22.7. The van der Waals surface area contributed by atoms with Gasteiger partial charge in [0.1, 0.15) is 5.82 Å². The molecule has 1 aromatic heterocycles. The zero-order valence-electron chi connectivity index (χ0n) is 19.3. The number of hydrogen-bond donors (Lipinski definition) is 1. The molecular formula is C31H30N2. The van der Waals surface area contributed by atoms with Crippen LogP contribution in [-0.4, -0.2) is 9.97 Å². The minimum absolute atomic E-state index is 0.145. The highest BCUT2D eigenvalue weighted by Gasteiger charge is 2.47. The van der Waals surface area contributed by atoms with E-state index in [1.54, 1.807) is 0 Å². The summed E-state index contributed by atoms with van der Waals surface area (Å²) in [7, 11) is 0. The van der Waals surface area contributed by atoms with Gasteiger partial charge in [-0.3, -0.25) is 0 Å². The fourth-order valence-electron chi connectivity index (χ4n) is 5.57. The molecule has 0 radical (unpaired) electrons. The van der Waals surface area contributed by atoms with Crippen LogP contribution in [0.3, 0.4) is 0 Å². The van der Waals surface area contributed by atoms with Gasteiger partial charge in [0, 0.05) is 29.1 Å². The van der Waals surface area contributed by atoms with Gasteiger partial charge in [-0.25, -0.2) is 4.98 Å². The summed E-state index contributed by atoms with van der Waals surface area (Å²) in [5, 5.41) is 0. The van der Waals surface area contributed by atoms with Crippen molar-refractivity contribution in [2.75, 3.05) is 0 Å². The number of H-pyrrole nitrogens is 1. The summed E-state index contributed by atoms with van der Waals surface area (Å²) in [5.74, 6) is 1.18. The van der Waals surface area contributed by atoms with Crippen LogP contribution in [0, 0.1) is 5.41 Å². The van der Waals surface area contributed by atoms with Crippen molar-refractivity contribution in [1.82, 2.24) is 9.97 Å². The Kier molecular flexibility index (Phi) is 5.60. The number of aromatic nitrogens is 2. The average Bonchev–Trinajstić information content (AvgIpc) is 3.41. The summed E-state index contributed by atoms with van der Waals surface area (Å²) in [6, 6.07) is 32.9. The van der Waals surface area contributed by atoms with E-state index in [2.05, 4.69) is 133 Å². The Balaban J connectivity index is 1.78. The van der Waals surface area contributed by atoms with Crippen LogP contribution in [0.2, 0.25) is 0 Å². The first-order valence-corrected chi connectivity index (χ1v) is 11.7. The Morgan fingerprint density at radius 2 is 1.33 bits per heavy atom. The predicted molar refractivity (Wildman–Crippen MR) is 136 cm³/mol. The van der Waals surface area contributed by atoms with Crippen LogP contribution < -0.4 is 0 Å². The Bertz CT molecular complexity index is 1140. The van der Waals surface area contributed by atoms with Crippen molar-refractivity contribution in [3.8, 4) is 0 Å². The molecule has 2 atom stereocenters. The van der Waals surface area contributed by atoms with E-state index in [9.17, 15) is 0 Å². The molecule has 0 amide bonds. The van der Waals surface area contributed by atoms with Gasteiger partial charge in [0.2, 0.25) is 0 Å². The highest BCUT2D eigenvalue weighted by atomic mass is 14.9. The van der Waals surface area contributed by atoms with Gasteiger partial charge in [-0.2, -0.15) is 0 Å². The minimum Gasteiger partial charge on any atom is -0.348 e. The number of aromatic amines is 1. The molecule has 5 rings (SSSR count). The smallest absolute Gasteiger partial charge is 0.113 e. The van der Waals surface area contributed by atoms with E-state index < -0.39 is 0 Å².